The number of benzene rings is 1. The van der Waals surface area contributed by atoms with Crippen LogP contribution in [0.1, 0.15) is 16.1 Å². The summed E-state index contributed by atoms with van der Waals surface area (Å²) in [5.74, 6) is -1.49. The van der Waals surface area contributed by atoms with Gasteiger partial charge in [0.1, 0.15) is 6.04 Å². The third kappa shape index (κ3) is 4.53. The number of rotatable bonds is 6. The molecule has 6 heteroatoms. The van der Waals surface area contributed by atoms with Gasteiger partial charge in [-0.3, -0.25) is 4.79 Å². The molecule has 0 radical (unpaired) electrons. The zero-order valence-corrected chi connectivity index (χ0v) is 12.8. The largest absolute Gasteiger partial charge is 0.480 e. The number of nitrogens with one attached hydrogen (secondary N) is 1. The Kier molecular flexibility index (Phi) is 5.43. The lowest BCUT2D eigenvalue weighted by Gasteiger charge is -2.13. The van der Waals surface area contributed by atoms with Gasteiger partial charge < -0.3 is 10.4 Å². The van der Waals surface area contributed by atoms with E-state index in [0.29, 0.717) is 0 Å². The number of amides is 1. The molecule has 1 amide bonds. The van der Waals surface area contributed by atoms with Crippen LogP contribution in [0.25, 0.3) is 6.08 Å². The van der Waals surface area contributed by atoms with Crippen LogP contribution in [0.15, 0.2) is 41.9 Å². The molecule has 1 heterocycles. The molecule has 1 atom stereocenters. The first-order valence-corrected chi connectivity index (χ1v) is 7.59. The van der Waals surface area contributed by atoms with Crippen molar-refractivity contribution in [2.45, 2.75) is 19.4 Å². The fourth-order valence-corrected chi connectivity index (χ4v) is 2.59. The lowest BCUT2D eigenvalue weighted by atomic mass is 10.1. The topological polar surface area (TPSA) is 79.3 Å². The number of carboxylic acid groups (broad SMARTS) is 1. The summed E-state index contributed by atoms with van der Waals surface area (Å²) in [7, 11) is 0. The Labute approximate surface area is 132 Å². The fourth-order valence-electron chi connectivity index (χ4n) is 1.89. The minimum Gasteiger partial charge on any atom is -0.480 e. The first kappa shape index (κ1) is 15.9. The number of hydrogen-bond donors (Lipinski definition) is 2. The molecule has 2 rings (SSSR count). The van der Waals surface area contributed by atoms with Crippen molar-refractivity contribution < 1.29 is 14.7 Å². The van der Waals surface area contributed by atoms with Crippen LogP contribution >= 0.6 is 11.3 Å². The normalized spacial score (nSPS) is 12.2. The van der Waals surface area contributed by atoms with Crippen molar-refractivity contribution in [1.82, 2.24) is 10.3 Å². The van der Waals surface area contributed by atoms with E-state index in [-0.39, 0.29) is 6.42 Å². The minimum absolute atomic E-state index is 0.245. The van der Waals surface area contributed by atoms with Crippen LogP contribution in [-0.4, -0.2) is 28.0 Å². The van der Waals surface area contributed by atoms with E-state index in [1.54, 1.807) is 11.6 Å². The van der Waals surface area contributed by atoms with Gasteiger partial charge in [0.05, 0.1) is 11.2 Å². The van der Waals surface area contributed by atoms with E-state index in [4.69, 9.17) is 0 Å². The molecule has 1 aromatic heterocycles. The number of hydrogen-bond acceptors (Lipinski definition) is 4. The summed E-state index contributed by atoms with van der Waals surface area (Å²) in [6.07, 6.45) is 3.22. The fraction of sp³-hybridized carbons (Fsp3) is 0.188. The number of aromatic nitrogens is 1. The van der Waals surface area contributed by atoms with Crippen LogP contribution < -0.4 is 5.32 Å². The SMILES string of the molecule is Cc1ncsc1/C=C/C(=O)NC(Cc1ccccc1)C(=O)O. The summed E-state index contributed by atoms with van der Waals surface area (Å²) in [6, 6.07) is 8.24. The van der Waals surface area contributed by atoms with Crippen LogP contribution in [0.4, 0.5) is 0 Å². The predicted octanol–water partition coefficient (Wildman–Crippen LogP) is 2.28. The molecule has 0 saturated heterocycles. The maximum atomic E-state index is 11.9. The van der Waals surface area contributed by atoms with Crippen LogP contribution in [0.3, 0.4) is 0 Å². The smallest absolute Gasteiger partial charge is 0.326 e. The van der Waals surface area contributed by atoms with E-state index >= 15 is 0 Å². The third-order valence-corrected chi connectivity index (χ3v) is 3.96. The summed E-state index contributed by atoms with van der Waals surface area (Å²) in [4.78, 5) is 28.1. The second-order valence-corrected chi connectivity index (χ2v) is 5.61. The second kappa shape index (κ2) is 7.51. The van der Waals surface area contributed by atoms with Crippen molar-refractivity contribution in [3.8, 4) is 0 Å². The van der Waals surface area contributed by atoms with Gasteiger partial charge >= 0.3 is 5.97 Å². The Bertz CT molecular complexity index is 680. The van der Waals surface area contributed by atoms with Crippen molar-refractivity contribution in [2.24, 2.45) is 0 Å². The molecule has 0 aliphatic rings. The van der Waals surface area contributed by atoms with Gasteiger partial charge in [-0.1, -0.05) is 30.3 Å². The van der Waals surface area contributed by atoms with Gasteiger partial charge in [0.25, 0.3) is 0 Å². The molecular formula is C16H16N2O3S. The number of carbonyl (C=O) groups is 2. The molecule has 2 aromatic rings. The molecule has 0 bridgehead atoms. The molecule has 114 valence electrons. The van der Waals surface area contributed by atoms with Gasteiger partial charge in [0.15, 0.2) is 0 Å². The van der Waals surface area contributed by atoms with Crippen molar-refractivity contribution in [3.63, 3.8) is 0 Å². The van der Waals surface area contributed by atoms with Crippen molar-refractivity contribution >= 4 is 29.3 Å². The number of thiazole rings is 1. The van der Waals surface area contributed by atoms with Crippen molar-refractivity contribution in [3.05, 3.63) is 58.1 Å². The first-order chi connectivity index (χ1) is 10.6. The second-order valence-electron chi connectivity index (χ2n) is 4.72. The van der Waals surface area contributed by atoms with E-state index in [0.717, 1.165) is 16.1 Å². The zero-order chi connectivity index (χ0) is 15.9. The highest BCUT2D eigenvalue weighted by molar-refractivity contribution is 7.10. The summed E-state index contributed by atoms with van der Waals surface area (Å²) < 4.78 is 0. The summed E-state index contributed by atoms with van der Waals surface area (Å²) in [5.41, 5.74) is 3.40. The highest BCUT2D eigenvalue weighted by Crippen LogP contribution is 2.13. The van der Waals surface area contributed by atoms with Gasteiger partial charge in [0.2, 0.25) is 5.91 Å². The van der Waals surface area contributed by atoms with Crippen LogP contribution in [0.5, 0.6) is 0 Å². The van der Waals surface area contributed by atoms with E-state index in [1.807, 2.05) is 37.3 Å². The Morgan fingerprint density at radius 2 is 2.09 bits per heavy atom. The van der Waals surface area contributed by atoms with E-state index in [2.05, 4.69) is 10.3 Å². The van der Waals surface area contributed by atoms with Gasteiger partial charge in [-0.05, 0) is 18.6 Å². The highest BCUT2D eigenvalue weighted by atomic mass is 32.1. The number of nitrogens with zero attached hydrogens (tertiary/aromatic N) is 1. The lowest BCUT2D eigenvalue weighted by molar-refractivity contribution is -0.141. The molecule has 0 fully saturated rings. The highest BCUT2D eigenvalue weighted by Gasteiger charge is 2.19. The van der Waals surface area contributed by atoms with Crippen molar-refractivity contribution in [2.75, 3.05) is 0 Å². The van der Waals surface area contributed by atoms with Gasteiger partial charge in [-0.25, -0.2) is 9.78 Å². The number of carbonyl (C=O) groups excluding carboxylic acids is 1. The first-order valence-electron chi connectivity index (χ1n) is 6.71. The molecule has 2 N–H and O–H groups in total. The number of aliphatic carboxylic acids is 1. The van der Waals surface area contributed by atoms with E-state index in [1.165, 1.54) is 17.4 Å². The number of carboxylic acids is 1. The maximum absolute atomic E-state index is 11.9. The molecule has 22 heavy (non-hydrogen) atoms. The molecule has 0 saturated carbocycles. The molecular weight excluding hydrogens is 300 g/mol. The Hall–Kier alpha value is -2.47. The van der Waals surface area contributed by atoms with Crippen LogP contribution in [-0.2, 0) is 16.0 Å². The lowest BCUT2D eigenvalue weighted by Crippen LogP contribution is -2.41. The Balaban J connectivity index is 1.99. The molecule has 0 spiro atoms. The van der Waals surface area contributed by atoms with Gasteiger partial charge in [0, 0.05) is 17.4 Å². The Morgan fingerprint density at radius 1 is 1.36 bits per heavy atom. The van der Waals surface area contributed by atoms with E-state index < -0.39 is 17.9 Å². The standard InChI is InChI=1S/C16H16N2O3S/c1-11-14(22-10-17-11)7-8-15(19)18-13(16(20)21)9-12-5-3-2-4-6-12/h2-8,10,13H,9H2,1H3,(H,18,19)(H,20,21)/b8-7+. The minimum atomic E-state index is -1.06. The van der Waals surface area contributed by atoms with Gasteiger partial charge in [-0.2, -0.15) is 0 Å². The summed E-state index contributed by atoms with van der Waals surface area (Å²) >= 11 is 1.43. The molecule has 0 aliphatic heterocycles. The summed E-state index contributed by atoms with van der Waals surface area (Å²) in [6.45, 7) is 1.85. The van der Waals surface area contributed by atoms with E-state index in [9.17, 15) is 14.7 Å². The van der Waals surface area contributed by atoms with Crippen LogP contribution in [0.2, 0.25) is 0 Å². The van der Waals surface area contributed by atoms with Gasteiger partial charge in [-0.15, -0.1) is 11.3 Å². The summed E-state index contributed by atoms with van der Waals surface area (Å²) in [5, 5.41) is 11.7. The molecule has 0 aliphatic carbocycles. The zero-order valence-electron chi connectivity index (χ0n) is 12.0. The molecule has 5 nitrogen and oxygen atoms in total. The molecule has 1 aromatic carbocycles. The monoisotopic (exact) mass is 316 g/mol. The third-order valence-electron chi connectivity index (χ3n) is 3.07. The maximum Gasteiger partial charge on any atom is 0.326 e. The number of aryl methyl sites for hydroxylation is 1. The predicted molar refractivity (Wildman–Crippen MR) is 85.6 cm³/mol. The molecule has 1 unspecified atom stereocenters. The quantitative estimate of drug-likeness (QED) is 0.801. The average molecular weight is 316 g/mol. The Morgan fingerprint density at radius 3 is 2.68 bits per heavy atom. The van der Waals surface area contributed by atoms with Crippen LogP contribution in [0, 0.1) is 6.92 Å². The average Bonchev–Trinajstić information content (AvgIpc) is 2.91. The van der Waals surface area contributed by atoms with Crippen molar-refractivity contribution in [1.29, 1.82) is 0 Å².